The third-order valence-corrected chi connectivity index (χ3v) is 2.63. The van der Waals surface area contributed by atoms with Gasteiger partial charge in [0.2, 0.25) is 0 Å². The minimum Gasteiger partial charge on any atom is -0.478 e. The Morgan fingerprint density at radius 3 is 2.47 bits per heavy atom. The molecule has 1 aromatic rings. The van der Waals surface area contributed by atoms with Crippen molar-refractivity contribution in [3.8, 4) is 0 Å². The van der Waals surface area contributed by atoms with E-state index in [-0.39, 0.29) is 10.9 Å². The summed E-state index contributed by atoms with van der Waals surface area (Å²) in [4.78, 5) is 20.3. The number of alkyl halides is 2. The fourth-order valence-electron chi connectivity index (χ4n) is 1.28. The zero-order valence-electron chi connectivity index (χ0n) is 10.6. The normalized spacial score (nSPS) is 11.3. The van der Waals surface area contributed by atoms with E-state index >= 15 is 0 Å². The van der Waals surface area contributed by atoms with Gasteiger partial charge in [0.25, 0.3) is 6.43 Å². The minimum absolute atomic E-state index is 0.0316. The van der Waals surface area contributed by atoms with Crippen LogP contribution in [0.3, 0.4) is 0 Å². The number of aromatic nitrogens is 2. The summed E-state index contributed by atoms with van der Waals surface area (Å²) in [7, 11) is 3.45. The lowest BCUT2D eigenvalue weighted by molar-refractivity contribution is 0.0680. The average Bonchev–Trinajstić information content (AvgIpc) is 2.34. The van der Waals surface area contributed by atoms with Crippen molar-refractivity contribution in [2.75, 3.05) is 20.4 Å². The summed E-state index contributed by atoms with van der Waals surface area (Å²) in [6.07, 6.45) is 1.57. The summed E-state index contributed by atoms with van der Waals surface area (Å²) in [5.41, 5.74) is -1.35. The fraction of sp³-hybridized carbons (Fsp3) is 0.364. The molecule has 0 aliphatic carbocycles. The van der Waals surface area contributed by atoms with Crippen LogP contribution in [0.4, 0.5) is 8.78 Å². The lowest BCUT2D eigenvalue weighted by atomic mass is 10.1. The predicted molar refractivity (Wildman–Crippen MR) is 68.5 cm³/mol. The quantitative estimate of drug-likeness (QED) is 0.663. The molecule has 0 saturated carbocycles. The molecule has 0 amide bonds. The molecule has 0 atom stereocenters. The van der Waals surface area contributed by atoms with Crippen LogP contribution in [0, 0.1) is 0 Å². The van der Waals surface area contributed by atoms with Gasteiger partial charge in [0.1, 0.15) is 11.3 Å². The van der Waals surface area contributed by atoms with Gasteiger partial charge >= 0.3 is 5.97 Å². The van der Waals surface area contributed by atoms with E-state index < -0.39 is 23.7 Å². The predicted octanol–water partition coefficient (Wildman–Crippen LogP) is 2.37. The van der Waals surface area contributed by atoms with E-state index in [1.54, 1.807) is 25.3 Å². The van der Waals surface area contributed by atoms with E-state index in [4.69, 9.17) is 5.11 Å². The van der Waals surface area contributed by atoms with Gasteiger partial charge in [0, 0.05) is 20.3 Å². The number of carbonyl (C=O) groups is 1. The van der Waals surface area contributed by atoms with Crippen LogP contribution in [0.25, 0.3) is 6.08 Å². The lowest BCUT2D eigenvalue weighted by Gasteiger charge is -2.10. The van der Waals surface area contributed by atoms with Crippen molar-refractivity contribution >= 4 is 23.8 Å². The van der Waals surface area contributed by atoms with Gasteiger partial charge in [-0.05, 0) is 12.3 Å². The van der Waals surface area contributed by atoms with E-state index in [0.29, 0.717) is 0 Å². The maximum Gasteiger partial charge on any atom is 0.340 e. The summed E-state index contributed by atoms with van der Waals surface area (Å²) >= 11 is 1.07. The first kappa shape index (κ1) is 15.4. The van der Waals surface area contributed by atoms with Crippen LogP contribution in [-0.2, 0) is 0 Å². The molecule has 104 valence electrons. The van der Waals surface area contributed by atoms with Gasteiger partial charge in [-0.3, -0.25) is 0 Å². The van der Waals surface area contributed by atoms with Gasteiger partial charge in [0.15, 0.2) is 5.16 Å². The molecule has 1 heterocycles. The van der Waals surface area contributed by atoms with Crippen molar-refractivity contribution in [3.05, 3.63) is 23.2 Å². The molecule has 1 aromatic heterocycles. The highest BCUT2D eigenvalue weighted by Gasteiger charge is 2.24. The van der Waals surface area contributed by atoms with Crippen LogP contribution in [0.1, 0.15) is 28.2 Å². The topological polar surface area (TPSA) is 66.3 Å². The molecule has 5 nitrogen and oxygen atoms in total. The van der Waals surface area contributed by atoms with Crippen molar-refractivity contribution < 1.29 is 18.7 Å². The number of halogens is 2. The summed E-state index contributed by atoms with van der Waals surface area (Å²) in [6, 6.07) is 0. The van der Waals surface area contributed by atoms with E-state index in [9.17, 15) is 13.6 Å². The van der Waals surface area contributed by atoms with E-state index in [1.165, 1.54) is 12.3 Å². The Balaban J connectivity index is 3.48. The van der Waals surface area contributed by atoms with Crippen LogP contribution in [0.15, 0.2) is 11.4 Å². The number of aromatic carboxylic acids is 1. The number of thioether (sulfide) groups is 1. The van der Waals surface area contributed by atoms with Gasteiger partial charge in [-0.1, -0.05) is 11.8 Å². The Bertz CT molecular complexity index is 507. The maximum absolute atomic E-state index is 12.9. The Hall–Kier alpha value is -1.70. The van der Waals surface area contributed by atoms with Crippen molar-refractivity contribution in [1.29, 1.82) is 0 Å². The van der Waals surface area contributed by atoms with E-state index in [1.807, 2.05) is 0 Å². The standard InChI is InChI=1S/C11H13F2N3O2S/c1-16(2)5-4-6-7(10(17)18)8(9(12)13)15-11(14-6)19-3/h4-5,9H,1-3H3,(H,17,18). The highest BCUT2D eigenvalue weighted by atomic mass is 32.2. The zero-order valence-corrected chi connectivity index (χ0v) is 11.4. The largest absolute Gasteiger partial charge is 0.478 e. The summed E-state index contributed by atoms with van der Waals surface area (Å²) in [5.74, 6) is -1.47. The van der Waals surface area contributed by atoms with Crippen molar-refractivity contribution in [2.45, 2.75) is 11.6 Å². The minimum atomic E-state index is -2.97. The third-order valence-electron chi connectivity index (χ3n) is 2.08. The van der Waals surface area contributed by atoms with E-state index in [2.05, 4.69) is 9.97 Å². The molecule has 0 radical (unpaired) electrons. The number of hydrogen-bond donors (Lipinski definition) is 1. The molecule has 8 heteroatoms. The van der Waals surface area contributed by atoms with Gasteiger partial charge in [-0.2, -0.15) is 0 Å². The molecule has 0 bridgehead atoms. The first-order valence-corrected chi connectivity index (χ1v) is 6.41. The molecule has 0 saturated heterocycles. The highest BCUT2D eigenvalue weighted by Crippen LogP contribution is 2.26. The number of rotatable bonds is 5. The number of hydrogen-bond acceptors (Lipinski definition) is 5. The molecule has 1 N–H and O–H groups in total. The molecule has 0 aliphatic rings. The summed E-state index contributed by atoms with van der Waals surface area (Å²) in [6.45, 7) is 0. The molecular formula is C11H13F2N3O2S. The third kappa shape index (κ3) is 3.88. The van der Waals surface area contributed by atoms with Crippen LogP contribution >= 0.6 is 11.8 Å². The second-order valence-corrected chi connectivity index (χ2v) is 4.51. The molecule has 1 rings (SSSR count). The van der Waals surface area contributed by atoms with E-state index in [0.717, 1.165) is 11.8 Å². The van der Waals surface area contributed by atoms with Crippen LogP contribution < -0.4 is 0 Å². The summed E-state index contributed by atoms with van der Waals surface area (Å²) < 4.78 is 25.8. The smallest absolute Gasteiger partial charge is 0.340 e. The van der Waals surface area contributed by atoms with Crippen molar-refractivity contribution in [3.63, 3.8) is 0 Å². The van der Waals surface area contributed by atoms with Gasteiger partial charge in [-0.25, -0.2) is 23.5 Å². The van der Waals surface area contributed by atoms with Gasteiger partial charge in [-0.15, -0.1) is 0 Å². The van der Waals surface area contributed by atoms with Crippen molar-refractivity contribution in [1.82, 2.24) is 14.9 Å². The molecular weight excluding hydrogens is 276 g/mol. The van der Waals surface area contributed by atoms with Crippen LogP contribution in [-0.4, -0.2) is 46.3 Å². The van der Waals surface area contributed by atoms with Crippen molar-refractivity contribution in [2.24, 2.45) is 0 Å². The second kappa shape index (κ2) is 6.46. The number of nitrogens with zero attached hydrogens (tertiary/aromatic N) is 3. The number of carboxylic acid groups (broad SMARTS) is 1. The Morgan fingerprint density at radius 2 is 2.05 bits per heavy atom. The first-order chi connectivity index (χ1) is 8.86. The van der Waals surface area contributed by atoms with Gasteiger partial charge < -0.3 is 10.0 Å². The molecule has 0 fully saturated rings. The molecule has 0 spiro atoms. The highest BCUT2D eigenvalue weighted by molar-refractivity contribution is 7.98. The first-order valence-electron chi connectivity index (χ1n) is 5.18. The average molecular weight is 289 g/mol. The fourth-order valence-corrected chi connectivity index (χ4v) is 1.66. The Labute approximate surface area is 113 Å². The second-order valence-electron chi connectivity index (χ2n) is 3.74. The molecule has 19 heavy (non-hydrogen) atoms. The van der Waals surface area contributed by atoms with Crippen LogP contribution in [0.5, 0.6) is 0 Å². The molecule has 0 aromatic carbocycles. The Kier molecular flexibility index (Phi) is 5.22. The van der Waals surface area contributed by atoms with Gasteiger partial charge in [0.05, 0.1) is 5.69 Å². The number of carboxylic acids is 1. The Morgan fingerprint density at radius 1 is 1.42 bits per heavy atom. The zero-order chi connectivity index (χ0) is 14.6. The molecule has 0 unspecified atom stereocenters. The maximum atomic E-state index is 12.9. The molecule has 0 aliphatic heterocycles. The summed E-state index contributed by atoms with van der Waals surface area (Å²) in [5, 5.41) is 9.17. The monoisotopic (exact) mass is 289 g/mol. The lowest BCUT2D eigenvalue weighted by Crippen LogP contribution is -2.12. The van der Waals surface area contributed by atoms with Crippen LogP contribution in [0.2, 0.25) is 0 Å². The SMILES string of the molecule is CSc1nc(C=CN(C)C)c(C(=O)O)c(C(F)F)n1.